The third kappa shape index (κ3) is 4.30. The minimum atomic E-state index is -4.42. The molecule has 0 spiro atoms. The molecule has 6 nitrogen and oxygen atoms in total. The quantitative estimate of drug-likeness (QED) is 0.518. The van der Waals surface area contributed by atoms with Gasteiger partial charge < -0.3 is 9.29 Å². The van der Waals surface area contributed by atoms with E-state index in [0.717, 1.165) is 11.3 Å². The van der Waals surface area contributed by atoms with Gasteiger partial charge in [-0.3, -0.25) is 5.43 Å². The number of hydrazone groups is 1. The van der Waals surface area contributed by atoms with E-state index < -0.39 is 10.1 Å². The molecule has 2 rings (SSSR count). The van der Waals surface area contributed by atoms with Crippen LogP contribution in [-0.4, -0.2) is 26.3 Å². The number of nitrogens with one attached hydrogen (secondary N) is 1. The number of ether oxygens (including phenoxy) is 1. The molecule has 1 N–H and O–H groups in total. The van der Waals surface area contributed by atoms with Crippen LogP contribution in [0.2, 0.25) is 0 Å². The summed E-state index contributed by atoms with van der Waals surface area (Å²) in [5.74, 6) is 0.759. The van der Waals surface area contributed by atoms with Gasteiger partial charge in [-0.05, 0) is 54.1 Å². The van der Waals surface area contributed by atoms with Crippen LogP contribution in [0.25, 0.3) is 0 Å². The van der Waals surface area contributed by atoms with Gasteiger partial charge in [0, 0.05) is 0 Å². The van der Waals surface area contributed by atoms with E-state index in [2.05, 4.69) is 10.5 Å². The Bertz CT molecular complexity index is 723. The van der Waals surface area contributed by atoms with Crippen molar-refractivity contribution in [2.45, 2.75) is 4.90 Å². The molecule has 0 saturated heterocycles. The lowest BCUT2D eigenvalue weighted by Crippen LogP contribution is -1.98. The maximum atomic E-state index is 10.8. The number of nitrogens with zero attached hydrogens (tertiary/aromatic N) is 1. The highest BCUT2D eigenvalue weighted by Crippen LogP contribution is 2.14. The smallest absolute Gasteiger partial charge is 0.124 e. The molecule has 21 heavy (non-hydrogen) atoms. The van der Waals surface area contributed by atoms with Crippen LogP contribution in [0.5, 0.6) is 5.75 Å². The Balaban J connectivity index is 2.00. The highest BCUT2D eigenvalue weighted by atomic mass is 32.2. The van der Waals surface area contributed by atoms with Crippen molar-refractivity contribution in [3.05, 3.63) is 54.1 Å². The van der Waals surface area contributed by atoms with E-state index in [-0.39, 0.29) is 4.90 Å². The van der Waals surface area contributed by atoms with Gasteiger partial charge in [0.1, 0.15) is 15.9 Å². The van der Waals surface area contributed by atoms with Gasteiger partial charge in [-0.15, -0.1) is 0 Å². The van der Waals surface area contributed by atoms with Crippen molar-refractivity contribution >= 4 is 22.0 Å². The summed E-state index contributed by atoms with van der Waals surface area (Å²) >= 11 is 0. The van der Waals surface area contributed by atoms with Gasteiger partial charge in [-0.1, -0.05) is 0 Å². The van der Waals surface area contributed by atoms with Crippen molar-refractivity contribution < 1.29 is 17.7 Å². The molecule has 2 aromatic carbocycles. The third-order valence-electron chi connectivity index (χ3n) is 2.67. The average molecular weight is 305 g/mol. The van der Waals surface area contributed by atoms with Crippen molar-refractivity contribution in [3.8, 4) is 5.75 Å². The highest BCUT2D eigenvalue weighted by molar-refractivity contribution is 7.85. The fourth-order valence-electron chi connectivity index (χ4n) is 1.57. The number of benzene rings is 2. The minimum absolute atomic E-state index is 0.271. The molecule has 0 aliphatic carbocycles. The summed E-state index contributed by atoms with van der Waals surface area (Å²) in [6.07, 6.45) is 1.61. The second-order valence-corrected chi connectivity index (χ2v) is 5.50. The van der Waals surface area contributed by atoms with Gasteiger partial charge >= 0.3 is 0 Å². The Morgan fingerprint density at radius 3 is 2.24 bits per heavy atom. The molecular weight excluding hydrogens is 292 g/mol. The van der Waals surface area contributed by atoms with E-state index >= 15 is 0 Å². The Kier molecular flexibility index (Phi) is 4.56. The lowest BCUT2D eigenvalue weighted by Gasteiger charge is -2.07. The summed E-state index contributed by atoms with van der Waals surface area (Å²) in [7, 11) is -2.82. The van der Waals surface area contributed by atoms with E-state index in [1.165, 1.54) is 24.3 Å². The van der Waals surface area contributed by atoms with Crippen LogP contribution in [0, 0.1) is 0 Å². The van der Waals surface area contributed by atoms with Crippen molar-refractivity contribution in [3.63, 3.8) is 0 Å². The zero-order valence-electron chi connectivity index (χ0n) is 11.2. The number of hydrogen-bond donors (Lipinski definition) is 1. The molecule has 0 radical (unpaired) electrons. The lowest BCUT2D eigenvalue weighted by atomic mass is 10.2. The van der Waals surface area contributed by atoms with E-state index in [4.69, 9.17) is 4.74 Å². The predicted molar refractivity (Wildman–Crippen MR) is 78.6 cm³/mol. The van der Waals surface area contributed by atoms with E-state index in [1.807, 2.05) is 24.3 Å². The summed E-state index contributed by atoms with van der Waals surface area (Å²) in [6.45, 7) is 0. The van der Waals surface area contributed by atoms with Gasteiger partial charge in [0.2, 0.25) is 0 Å². The molecule has 0 fully saturated rings. The van der Waals surface area contributed by atoms with E-state index in [0.29, 0.717) is 5.69 Å². The largest absolute Gasteiger partial charge is 0.744 e. The SMILES string of the molecule is COc1ccc(/C=N\Nc2ccc(S(=O)(=O)[O-])cc2)cc1. The predicted octanol–water partition coefficient (Wildman–Crippen LogP) is 2.05. The van der Waals surface area contributed by atoms with Crippen LogP contribution in [0.15, 0.2) is 58.5 Å². The van der Waals surface area contributed by atoms with Crippen LogP contribution in [-0.2, 0) is 10.1 Å². The maximum Gasteiger partial charge on any atom is 0.124 e. The van der Waals surface area contributed by atoms with Crippen LogP contribution >= 0.6 is 0 Å². The molecule has 7 heteroatoms. The van der Waals surface area contributed by atoms with Crippen molar-refractivity contribution in [1.29, 1.82) is 0 Å². The second-order valence-electron chi connectivity index (χ2n) is 4.12. The molecule has 0 aliphatic heterocycles. The molecule has 0 bridgehead atoms. The van der Waals surface area contributed by atoms with Gasteiger partial charge in [-0.25, -0.2) is 8.42 Å². The molecule has 0 atom stereocenters. The van der Waals surface area contributed by atoms with Gasteiger partial charge in [0.05, 0.1) is 23.9 Å². The molecule has 0 aromatic heterocycles. The molecular formula is C14H13N2O4S-. The van der Waals surface area contributed by atoms with Gasteiger partial charge in [0.25, 0.3) is 0 Å². The number of hydrogen-bond acceptors (Lipinski definition) is 6. The first-order chi connectivity index (χ1) is 9.99. The topological polar surface area (TPSA) is 90.8 Å². The maximum absolute atomic E-state index is 10.8. The first-order valence-electron chi connectivity index (χ1n) is 5.98. The monoisotopic (exact) mass is 305 g/mol. The zero-order valence-corrected chi connectivity index (χ0v) is 12.0. The molecule has 0 heterocycles. The van der Waals surface area contributed by atoms with Crippen molar-refractivity contribution in [2.75, 3.05) is 12.5 Å². The molecule has 110 valence electrons. The van der Waals surface area contributed by atoms with E-state index in [1.54, 1.807) is 13.3 Å². The highest BCUT2D eigenvalue weighted by Gasteiger charge is 1.99. The average Bonchev–Trinajstić information content (AvgIpc) is 2.47. The Labute approximate surface area is 122 Å². The third-order valence-corrected chi connectivity index (χ3v) is 3.52. The number of rotatable bonds is 5. The fraction of sp³-hybridized carbons (Fsp3) is 0.0714. The standard InChI is InChI=1S/C14H14N2O4S/c1-20-13-6-2-11(3-7-13)10-15-16-12-4-8-14(9-5-12)21(17,18)19/h2-10,16H,1H3,(H,17,18,19)/p-1/b15-10-. The minimum Gasteiger partial charge on any atom is -0.744 e. The summed E-state index contributed by atoms with van der Waals surface area (Å²) in [5, 5.41) is 4.02. The molecule has 0 aliphatic rings. The number of methoxy groups -OCH3 is 1. The van der Waals surface area contributed by atoms with Gasteiger partial charge in [-0.2, -0.15) is 5.10 Å². The Morgan fingerprint density at radius 1 is 1.10 bits per heavy atom. The molecule has 0 saturated carbocycles. The second kappa shape index (κ2) is 6.38. The van der Waals surface area contributed by atoms with Crippen LogP contribution < -0.4 is 10.2 Å². The first-order valence-corrected chi connectivity index (χ1v) is 7.39. The van der Waals surface area contributed by atoms with E-state index in [9.17, 15) is 13.0 Å². The number of anilines is 1. The van der Waals surface area contributed by atoms with Gasteiger partial charge in [0.15, 0.2) is 0 Å². The van der Waals surface area contributed by atoms with Crippen LogP contribution in [0.3, 0.4) is 0 Å². The molecule has 2 aromatic rings. The normalized spacial score (nSPS) is 11.5. The van der Waals surface area contributed by atoms with Crippen LogP contribution in [0.1, 0.15) is 5.56 Å². The van der Waals surface area contributed by atoms with Crippen molar-refractivity contribution in [2.24, 2.45) is 5.10 Å². The van der Waals surface area contributed by atoms with Crippen LogP contribution in [0.4, 0.5) is 5.69 Å². The first kappa shape index (κ1) is 15.0. The zero-order chi connectivity index (χ0) is 15.3. The summed E-state index contributed by atoms with van der Waals surface area (Å²) in [4.78, 5) is -0.271. The summed E-state index contributed by atoms with van der Waals surface area (Å²) in [6, 6.07) is 12.7. The summed E-state index contributed by atoms with van der Waals surface area (Å²) in [5.41, 5.74) is 4.19. The Hall–Kier alpha value is -2.38. The summed E-state index contributed by atoms with van der Waals surface area (Å²) < 4.78 is 37.4. The molecule has 0 unspecified atom stereocenters. The fourth-order valence-corrected chi connectivity index (χ4v) is 2.04. The lowest BCUT2D eigenvalue weighted by molar-refractivity contribution is 0.415. The molecule has 0 amide bonds. The van der Waals surface area contributed by atoms with Crippen molar-refractivity contribution in [1.82, 2.24) is 0 Å². The Morgan fingerprint density at radius 2 is 1.71 bits per heavy atom.